The maximum absolute atomic E-state index is 11.8. The van der Waals surface area contributed by atoms with Gasteiger partial charge in [-0.3, -0.25) is 4.79 Å². The number of benzene rings is 1. The molecule has 0 spiro atoms. The molecule has 4 nitrogen and oxygen atoms in total. The number of hydrogen-bond acceptors (Lipinski definition) is 4. The molecule has 1 atom stereocenters. The summed E-state index contributed by atoms with van der Waals surface area (Å²) in [5.41, 5.74) is 0.684. The van der Waals surface area contributed by atoms with Crippen LogP contribution in [0.5, 0.6) is 0 Å². The second kappa shape index (κ2) is 4.86. The Bertz CT molecular complexity index is 600. The quantitative estimate of drug-likeness (QED) is 0.829. The molecule has 98 valence electrons. The van der Waals surface area contributed by atoms with Gasteiger partial charge in [-0.1, -0.05) is 0 Å². The second-order valence-electron chi connectivity index (χ2n) is 4.25. The summed E-state index contributed by atoms with van der Waals surface area (Å²) in [5.74, 6) is 0.00260. The molecule has 7 heteroatoms. The number of hydrogen-bond donors (Lipinski definition) is 1. The standard InChI is InChI=1S/C11H12BrNO3S2/c1-18(15,16)8-2-3-10(9(12)5-8)13-6-7(17)4-11(13)14/h2-3,5,7,17H,4,6H2,1H3. The number of amides is 1. The zero-order chi connectivity index (χ0) is 13.5. The molecule has 1 aliphatic rings. The molecule has 1 aliphatic heterocycles. The van der Waals surface area contributed by atoms with Crippen LogP contribution in [0.25, 0.3) is 0 Å². The van der Waals surface area contributed by atoms with E-state index in [2.05, 4.69) is 28.6 Å². The summed E-state index contributed by atoms with van der Waals surface area (Å²) < 4.78 is 23.4. The first kappa shape index (κ1) is 13.9. The van der Waals surface area contributed by atoms with Crippen LogP contribution < -0.4 is 4.90 Å². The molecule has 1 aromatic carbocycles. The van der Waals surface area contributed by atoms with E-state index in [4.69, 9.17) is 0 Å². The molecule has 0 bridgehead atoms. The Morgan fingerprint density at radius 1 is 1.44 bits per heavy atom. The molecule has 2 rings (SSSR count). The van der Waals surface area contributed by atoms with E-state index in [1.165, 1.54) is 12.1 Å². The third-order valence-corrected chi connectivity index (χ3v) is 4.83. The van der Waals surface area contributed by atoms with E-state index in [1.807, 2.05) is 0 Å². The molecule has 1 saturated heterocycles. The molecular formula is C11H12BrNO3S2. The van der Waals surface area contributed by atoms with Gasteiger partial charge in [-0.15, -0.1) is 0 Å². The third-order valence-electron chi connectivity index (χ3n) is 2.74. The van der Waals surface area contributed by atoms with Gasteiger partial charge in [0, 0.05) is 28.9 Å². The lowest BCUT2D eigenvalue weighted by Gasteiger charge is -2.18. The first-order valence-corrected chi connectivity index (χ1v) is 8.47. The number of sulfone groups is 1. The highest BCUT2D eigenvalue weighted by molar-refractivity contribution is 9.10. The molecule has 0 aromatic heterocycles. The van der Waals surface area contributed by atoms with Crippen molar-refractivity contribution in [3.63, 3.8) is 0 Å². The zero-order valence-corrected chi connectivity index (χ0v) is 12.9. The maximum Gasteiger partial charge on any atom is 0.228 e. The average molecular weight is 350 g/mol. The summed E-state index contributed by atoms with van der Waals surface area (Å²) >= 11 is 7.60. The number of thiol groups is 1. The Morgan fingerprint density at radius 3 is 2.56 bits per heavy atom. The van der Waals surface area contributed by atoms with Crippen molar-refractivity contribution in [3.05, 3.63) is 22.7 Å². The Balaban J connectivity index is 2.40. The van der Waals surface area contributed by atoms with Crippen molar-refractivity contribution in [1.29, 1.82) is 0 Å². The van der Waals surface area contributed by atoms with Crippen molar-refractivity contribution in [2.45, 2.75) is 16.6 Å². The summed E-state index contributed by atoms with van der Waals surface area (Å²) in [6.07, 6.45) is 1.56. The smallest absolute Gasteiger partial charge is 0.228 e. The fourth-order valence-electron chi connectivity index (χ4n) is 1.86. The molecule has 1 fully saturated rings. The van der Waals surface area contributed by atoms with Gasteiger partial charge in [0.1, 0.15) is 0 Å². The van der Waals surface area contributed by atoms with E-state index in [0.29, 0.717) is 23.1 Å². The van der Waals surface area contributed by atoms with Crippen LogP contribution in [0.15, 0.2) is 27.6 Å². The minimum atomic E-state index is -3.24. The van der Waals surface area contributed by atoms with Crippen LogP contribution in [0, 0.1) is 0 Å². The third kappa shape index (κ3) is 2.73. The monoisotopic (exact) mass is 349 g/mol. The number of carbonyl (C=O) groups excluding carboxylic acids is 1. The van der Waals surface area contributed by atoms with Gasteiger partial charge in [-0.2, -0.15) is 12.6 Å². The van der Waals surface area contributed by atoms with Crippen molar-refractivity contribution in [1.82, 2.24) is 0 Å². The van der Waals surface area contributed by atoms with Crippen LogP contribution in [-0.4, -0.2) is 32.4 Å². The number of halogens is 1. The maximum atomic E-state index is 11.8. The summed E-state index contributed by atoms with van der Waals surface area (Å²) in [7, 11) is -3.24. The van der Waals surface area contributed by atoms with Gasteiger partial charge in [0.15, 0.2) is 9.84 Å². The first-order chi connectivity index (χ1) is 8.29. The normalized spacial score (nSPS) is 20.5. The lowest BCUT2D eigenvalue weighted by atomic mass is 10.3. The molecule has 1 aromatic rings. The van der Waals surface area contributed by atoms with Crippen LogP contribution in [0.3, 0.4) is 0 Å². The summed E-state index contributed by atoms with van der Waals surface area (Å²) in [6, 6.07) is 4.67. The van der Waals surface area contributed by atoms with Gasteiger partial charge in [-0.05, 0) is 34.1 Å². The largest absolute Gasteiger partial charge is 0.310 e. The van der Waals surface area contributed by atoms with Gasteiger partial charge in [0.05, 0.1) is 10.6 Å². The fourth-order valence-corrected chi connectivity index (χ4v) is 3.57. The molecule has 1 heterocycles. The van der Waals surface area contributed by atoms with Crippen molar-refractivity contribution in [2.75, 3.05) is 17.7 Å². The summed E-state index contributed by atoms with van der Waals surface area (Å²) in [5, 5.41) is 0.0268. The highest BCUT2D eigenvalue weighted by Crippen LogP contribution is 2.32. The SMILES string of the molecule is CS(=O)(=O)c1ccc(N2CC(S)CC2=O)c(Br)c1. The Labute approximate surface area is 120 Å². The molecule has 0 N–H and O–H groups in total. The Hall–Kier alpha value is -0.530. The minimum absolute atomic E-state index is 0.00260. The molecule has 1 unspecified atom stereocenters. The van der Waals surface area contributed by atoms with Crippen molar-refractivity contribution >= 4 is 50.0 Å². The second-order valence-corrected chi connectivity index (χ2v) is 7.85. The van der Waals surface area contributed by atoms with Gasteiger partial charge >= 0.3 is 0 Å². The fraction of sp³-hybridized carbons (Fsp3) is 0.364. The van der Waals surface area contributed by atoms with Crippen molar-refractivity contribution in [2.24, 2.45) is 0 Å². The molecule has 1 amide bonds. The minimum Gasteiger partial charge on any atom is -0.310 e. The van der Waals surface area contributed by atoms with E-state index >= 15 is 0 Å². The number of rotatable bonds is 2. The average Bonchev–Trinajstić information content (AvgIpc) is 2.56. The van der Waals surface area contributed by atoms with Crippen molar-refractivity contribution in [3.8, 4) is 0 Å². The van der Waals surface area contributed by atoms with E-state index in [-0.39, 0.29) is 16.1 Å². The van der Waals surface area contributed by atoms with Gasteiger partial charge in [0.25, 0.3) is 0 Å². The van der Waals surface area contributed by atoms with Crippen molar-refractivity contribution < 1.29 is 13.2 Å². The van der Waals surface area contributed by atoms with E-state index in [9.17, 15) is 13.2 Å². The van der Waals surface area contributed by atoms with Crippen LogP contribution in [0.1, 0.15) is 6.42 Å². The first-order valence-electron chi connectivity index (χ1n) is 5.27. The predicted molar refractivity (Wildman–Crippen MR) is 77.0 cm³/mol. The number of carbonyl (C=O) groups is 1. The van der Waals surface area contributed by atoms with Crippen LogP contribution in [0.4, 0.5) is 5.69 Å². The summed E-state index contributed by atoms with van der Waals surface area (Å²) in [4.78, 5) is 13.6. The lowest BCUT2D eigenvalue weighted by Crippen LogP contribution is -2.25. The Kier molecular flexibility index (Phi) is 3.75. The molecule has 0 saturated carbocycles. The van der Waals surface area contributed by atoms with Crippen LogP contribution >= 0.6 is 28.6 Å². The van der Waals surface area contributed by atoms with Gasteiger partial charge in [0.2, 0.25) is 5.91 Å². The number of anilines is 1. The highest BCUT2D eigenvalue weighted by Gasteiger charge is 2.29. The van der Waals surface area contributed by atoms with Crippen LogP contribution in [0.2, 0.25) is 0 Å². The zero-order valence-electron chi connectivity index (χ0n) is 9.63. The van der Waals surface area contributed by atoms with Gasteiger partial charge in [-0.25, -0.2) is 8.42 Å². The highest BCUT2D eigenvalue weighted by atomic mass is 79.9. The van der Waals surface area contributed by atoms with Gasteiger partial charge < -0.3 is 4.90 Å². The van der Waals surface area contributed by atoms with E-state index in [1.54, 1.807) is 11.0 Å². The molecule has 18 heavy (non-hydrogen) atoms. The molecular weight excluding hydrogens is 338 g/mol. The van der Waals surface area contributed by atoms with E-state index in [0.717, 1.165) is 6.26 Å². The van der Waals surface area contributed by atoms with Crippen LogP contribution in [-0.2, 0) is 14.6 Å². The number of nitrogens with zero attached hydrogens (tertiary/aromatic N) is 1. The lowest BCUT2D eigenvalue weighted by molar-refractivity contribution is -0.117. The molecule has 0 aliphatic carbocycles. The topological polar surface area (TPSA) is 54.5 Å². The van der Waals surface area contributed by atoms with E-state index < -0.39 is 9.84 Å². The predicted octanol–water partition coefficient (Wildman–Crippen LogP) is 1.89. The molecule has 0 radical (unpaired) electrons. The summed E-state index contributed by atoms with van der Waals surface area (Å²) in [6.45, 7) is 0.540. The Morgan fingerprint density at radius 2 is 2.11 bits per heavy atom.